The molecule has 0 saturated carbocycles. The van der Waals surface area contributed by atoms with Crippen molar-refractivity contribution in [2.75, 3.05) is 5.32 Å². The fourth-order valence-corrected chi connectivity index (χ4v) is 3.38. The minimum absolute atomic E-state index is 0.0939. The van der Waals surface area contributed by atoms with Gasteiger partial charge in [-0.1, -0.05) is 66.2 Å². The zero-order valence-corrected chi connectivity index (χ0v) is 17.3. The van der Waals surface area contributed by atoms with Crippen LogP contribution in [0, 0.1) is 0 Å². The van der Waals surface area contributed by atoms with Gasteiger partial charge in [-0.05, 0) is 24.3 Å². The number of rotatable bonds is 7. The van der Waals surface area contributed by atoms with Crippen LogP contribution in [0.15, 0.2) is 89.5 Å². The zero-order valence-electron chi connectivity index (χ0n) is 16.5. The zero-order chi connectivity index (χ0) is 21.6. The van der Waals surface area contributed by atoms with Crippen LogP contribution in [0.4, 0.5) is 5.69 Å². The third kappa shape index (κ3) is 5.08. The number of carbonyl (C=O) groups excluding carboxylic acids is 2. The highest BCUT2D eigenvalue weighted by Gasteiger charge is 2.13. The van der Waals surface area contributed by atoms with E-state index in [1.807, 2.05) is 36.4 Å². The Kier molecular flexibility index (Phi) is 6.24. The summed E-state index contributed by atoms with van der Waals surface area (Å²) in [6, 6.07) is 23.3. The van der Waals surface area contributed by atoms with Crippen LogP contribution in [0.25, 0.3) is 11.3 Å². The fraction of sp³-hybridized carbons (Fsp3) is 0.0800. The molecule has 0 aliphatic carbocycles. The molecule has 5 nitrogen and oxygen atoms in total. The Morgan fingerprint density at radius 3 is 2.45 bits per heavy atom. The van der Waals surface area contributed by atoms with E-state index in [0.717, 1.165) is 5.56 Å². The summed E-state index contributed by atoms with van der Waals surface area (Å²) in [4.78, 5) is 29.2. The summed E-state index contributed by atoms with van der Waals surface area (Å²) in [6.07, 6.45) is 2.14. The number of nitrogens with zero attached hydrogens (tertiary/aromatic N) is 1. The number of hydrogen-bond donors (Lipinski definition) is 1. The van der Waals surface area contributed by atoms with Gasteiger partial charge in [0.15, 0.2) is 17.4 Å². The van der Waals surface area contributed by atoms with Crippen LogP contribution < -0.4 is 5.32 Å². The lowest BCUT2D eigenvalue weighted by atomic mass is 10.0. The first-order valence-corrected chi connectivity index (χ1v) is 10.2. The molecule has 1 N–H and O–H groups in total. The van der Waals surface area contributed by atoms with Crippen molar-refractivity contribution in [1.82, 2.24) is 4.98 Å². The molecule has 1 aromatic heterocycles. The van der Waals surface area contributed by atoms with Crippen LogP contribution in [-0.4, -0.2) is 16.7 Å². The molecule has 0 atom stereocenters. The van der Waals surface area contributed by atoms with Crippen molar-refractivity contribution >= 4 is 29.0 Å². The van der Waals surface area contributed by atoms with E-state index in [2.05, 4.69) is 10.3 Å². The monoisotopic (exact) mass is 430 g/mol. The quantitative estimate of drug-likeness (QED) is 0.376. The van der Waals surface area contributed by atoms with E-state index < -0.39 is 0 Å². The van der Waals surface area contributed by atoms with Gasteiger partial charge in [0.05, 0.1) is 11.2 Å². The minimum atomic E-state index is -0.193. The standard InChI is InChI=1S/C25H19ClN2O3/c26-21-12-5-4-11-20(21)22-16-27-24(31-22)14-13-23(29)28-19-10-6-9-18(15-19)25(30)17-7-2-1-3-8-17/h1-12,15-16H,13-14H2,(H,28,29). The number of anilines is 1. The van der Waals surface area contributed by atoms with E-state index in [-0.39, 0.29) is 18.1 Å². The second-order valence-electron chi connectivity index (χ2n) is 6.92. The van der Waals surface area contributed by atoms with E-state index in [4.69, 9.17) is 16.0 Å². The predicted molar refractivity (Wildman–Crippen MR) is 120 cm³/mol. The highest BCUT2D eigenvalue weighted by molar-refractivity contribution is 6.33. The average molecular weight is 431 g/mol. The van der Waals surface area contributed by atoms with Crippen molar-refractivity contribution in [3.05, 3.63) is 107 Å². The summed E-state index contributed by atoms with van der Waals surface area (Å²) in [7, 11) is 0. The first-order valence-electron chi connectivity index (χ1n) is 9.79. The normalized spacial score (nSPS) is 10.6. The van der Waals surface area contributed by atoms with E-state index >= 15 is 0 Å². The summed E-state index contributed by atoms with van der Waals surface area (Å²) in [5, 5.41) is 3.40. The van der Waals surface area contributed by atoms with Crippen molar-refractivity contribution in [3.63, 3.8) is 0 Å². The summed E-state index contributed by atoms with van der Waals surface area (Å²) in [5.74, 6) is 0.733. The second kappa shape index (κ2) is 9.41. The number of oxazole rings is 1. The molecule has 0 radical (unpaired) electrons. The Morgan fingerprint density at radius 1 is 0.903 bits per heavy atom. The SMILES string of the molecule is O=C(CCc1ncc(-c2ccccc2Cl)o1)Nc1cccc(C(=O)c2ccccc2)c1. The number of aromatic nitrogens is 1. The molecule has 1 amide bonds. The molecule has 4 rings (SSSR count). The maximum Gasteiger partial charge on any atom is 0.224 e. The first kappa shape index (κ1) is 20.6. The van der Waals surface area contributed by atoms with Gasteiger partial charge >= 0.3 is 0 Å². The van der Waals surface area contributed by atoms with E-state index in [1.54, 1.807) is 48.7 Å². The van der Waals surface area contributed by atoms with Gasteiger partial charge in [0.25, 0.3) is 0 Å². The molecule has 0 fully saturated rings. The topological polar surface area (TPSA) is 72.2 Å². The number of amides is 1. The maximum atomic E-state index is 12.6. The molecular weight excluding hydrogens is 412 g/mol. The van der Waals surface area contributed by atoms with Crippen LogP contribution >= 0.6 is 11.6 Å². The number of carbonyl (C=O) groups is 2. The molecule has 0 bridgehead atoms. The molecule has 6 heteroatoms. The molecule has 0 spiro atoms. The van der Waals surface area contributed by atoms with Crippen molar-refractivity contribution in [1.29, 1.82) is 0 Å². The Bertz CT molecular complexity index is 1220. The number of hydrogen-bond acceptors (Lipinski definition) is 4. The van der Waals surface area contributed by atoms with E-state index in [1.165, 1.54) is 0 Å². The van der Waals surface area contributed by atoms with Gasteiger partial charge in [0.1, 0.15) is 0 Å². The molecule has 0 saturated heterocycles. The van der Waals surface area contributed by atoms with E-state index in [0.29, 0.717) is 39.9 Å². The molecule has 31 heavy (non-hydrogen) atoms. The van der Waals surface area contributed by atoms with E-state index in [9.17, 15) is 9.59 Å². The van der Waals surface area contributed by atoms with Crippen LogP contribution in [0.2, 0.25) is 5.02 Å². The van der Waals surface area contributed by atoms with Crippen molar-refractivity contribution in [2.24, 2.45) is 0 Å². The van der Waals surface area contributed by atoms with Crippen LogP contribution in [0.1, 0.15) is 28.2 Å². The van der Waals surface area contributed by atoms with Crippen molar-refractivity contribution in [3.8, 4) is 11.3 Å². The van der Waals surface area contributed by atoms with Crippen molar-refractivity contribution in [2.45, 2.75) is 12.8 Å². The minimum Gasteiger partial charge on any atom is -0.441 e. The third-order valence-corrected chi connectivity index (χ3v) is 5.03. The molecule has 4 aromatic rings. The molecule has 0 aliphatic heterocycles. The Labute approximate surface area is 184 Å². The molecule has 0 aliphatic rings. The summed E-state index contributed by atoms with van der Waals surface area (Å²) in [5.41, 5.74) is 2.44. The van der Waals surface area contributed by atoms with Gasteiger partial charge in [0, 0.05) is 35.2 Å². The number of aryl methyl sites for hydroxylation is 1. The average Bonchev–Trinajstić information content (AvgIpc) is 3.27. The molecule has 0 unspecified atom stereocenters. The maximum absolute atomic E-state index is 12.6. The fourth-order valence-electron chi connectivity index (χ4n) is 3.15. The van der Waals surface area contributed by atoms with Crippen LogP contribution in [-0.2, 0) is 11.2 Å². The van der Waals surface area contributed by atoms with Gasteiger partial charge in [-0.3, -0.25) is 9.59 Å². The molecule has 1 heterocycles. The van der Waals surface area contributed by atoms with Gasteiger partial charge in [-0.15, -0.1) is 0 Å². The summed E-state index contributed by atoms with van der Waals surface area (Å²) < 4.78 is 5.73. The molecule has 3 aromatic carbocycles. The van der Waals surface area contributed by atoms with Crippen LogP contribution in [0.5, 0.6) is 0 Å². The second-order valence-corrected chi connectivity index (χ2v) is 7.33. The van der Waals surface area contributed by atoms with Gasteiger partial charge in [-0.25, -0.2) is 4.98 Å². The highest BCUT2D eigenvalue weighted by atomic mass is 35.5. The van der Waals surface area contributed by atoms with Crippen molar-refractivity contribution < 1.29 is 14.0 Å². The smallest absolute Gasteiger partial charge is 0.224 e. The van der Waals surface area contributed by atoms with Gasteiger partial charge < -0.3 is 9.73 Å². The molecule has 154 valence electrons. The Morgan fingerprint density at radius 2 is 1.65 bits per heavy atom. The lowest BCUT2D eigenvalue weighted by molar-refractivity contribution is -0.116. The Hall–Kier alpha value is -3.70. The van der Waals surface area contributed by atoms with Gasteiger partial charge in [0.2, 0.25) is 5.91 Å². The number of benzene rings is 3. The third-order valence-electron chi connectivity index (χ3n) is 4.70. The number of ketones is 1. The number of halogens is 1. The molecular formula is C25H19ClN2O3. The van der Waals surface area contributed by atoms with Gasteiger partial charge in [-0.2, -0.15) is 0 Å². The Balaban J connectivity index is 1.37. The lowest BCUT2D eigenvalue weighted by Crippen LogP contribution is -2.13. The highest BCUT2D eigenvalue weighted by Crippen LogP contribution is 2.28. The lowest BCUT2D eigenvalue weighted by Gasteiger charge is -2.07. The predicted octanol–water partition coefficient (Wildman–Crippen LogP) is 5.80. The van der Waals surface area contributed by atoms with Crippen LogP contribution in [0.3, 0.4) is 0 Å². The number of nitrogens with one attached hydrogen (secondary N) is 1. The summed E-state index contributed by atoms with van der Waals surface area (Å²) in [6.45, 7) is 0. The summed E-state index contributed by atoms with van der Waals surface area (Å²) >= 11 is 6.18. The largest absolute Gasteiger partial charge is 0.441 e. The first-order chi connectivity index (χ1) is 15.1.